The van der Waals surface area contributed by atoms with Crippen LogP contribution in [0.1, 0.15) is 53.4 Å². The Morgan fingerprint density at radius 3 is 2.32 bits per heavy atom. The number of rotatable bonds is 3. The first-order valence-corrected chi connectivity index (χ1v) is 7.09. The van der Waals surface area contributed by atoms with Gasteiger partial charge >= 0.3 is 6.09 Å². The van der Waals surface area contributed by atoms with Crippen molar-refractivity contribution in [2.75, 3.05) is 13.1 Å². The highest BCUT2D eigenvalue weighted by atomic mass is 16.6. The number of carbonyl (C=O) groups is 2. The zero-order valence-electron chi connectivity index (χ0n) is 12.5. The van der Waals surface area contributed by atoms with Crippen LogP contribution < -0.4 is 5.32 Å². The first-order valence-electron chi connectivity index (χ1n) is 7.09. The van der Waals surface area contributed by atoms with Crippen molar-refractivity contribution in [2.24, 2.45) is 0 Å². The number of nitrogens with one attached hydrogen (secondary N) is 1. The van der Waals surface area contributed by atoms with Gasteiger partial charge in [0.05, 0.1) is 0 Å². The number of nitrogens with zero attached hydrogens (tertiary/aromatic N) is 1. The third-order valence-corrected chi connectivity index (χ3v) is 3.03. The van der Waals surface area contributed by atoms with Crippen LogP contribution in [0.4, 0.5) is 4.79 Å². The SMILES string of the molecule is CCCC(=O)N1CCC(NC(=O)OC(C)(C)C)CC1. The standard InChI is InChI=1S/C14H26N2O3/c1-5-6-12(17)16-9-7-11(8-10-16)15-13(18)19-14(2,3)4/h11H,5-10H2,1-4H3,(H,15,18). The Balaban J connectivity index is 2.30. The highest BCUT2D eigenvalue weighted by Crippen LogP contribution is 2.13. The van der Waals surface area contributed by atoms with Crippen LogP contribution >= 0.6 is 0 Å². The van der Waals surface area contributed by atoms with Crippen LogP contribution in [-0.2, 0) is 9.53 Å². The molecular formula is C14H26N2O3. The molecule has 0 saturated carbocycles. The third-order valence-electron chi connectivity index (χ3n) is 3.03. The zero-order chi connectivity index (χ0) is 14.5. The summed E-state index contributed by atoms with van der Waals surface area (Å²) >= 11 is 0. The second-order valence-corrected chi connectivity index (χ2v) is 6.05. The first kappa shape index (κ1) is 15.8. The molecule has 0 aromatic rings. The Bertz CT molecular complexity index is 315. The maximum Gasteiger partial charge on any atom is 0.407 e. The van der Waals surface area contributed by atoms with Crippen LogP contribution in [0, 0.1) is 0 Å². The summed E-state index contributed by atoms with van der Waals surface area (Å²) < 4.78 is 5.22. The number of alkyl carbamates (subject to hydrolysis) is 1. The molecule has 0 aromatic carbocycles. The van der Waals surface area contributed by atoms with Crippen LogP contribution in [0.2, 0.25) is 0 Å². The lowest BCUT2D eigenvalue weighted by Gasteiger charge is -2.32. The molecule has 0 spiro atoms. The fourth-order valence-electron chi connectivity index (χ4n) is 2.12. The highest BCUT2D eigenvalue weighted by molar-refractivity contribution is 5.76. The monoisotopic (exact) mass is 270 g/mol. The van der Waals surface area contributed by atoms with Crippen LogP contribution in [0.3, 0.4) is 0 Å². The third kappa shape index (κ3) is 5.94. The molecule has 0 bridgehead atoms. The van der Waals surface area contributed by atoms with Crippen LogP contribution in [0.5, 0.6) is 0 Å². The topological polar surface area (TPSA) is 58.6 Å². The summed E-state index contributed by atoms with van der Waals surface area (Å²) in [4.78, 5) is 25.2. The number of ether oxygens (including phenoxy) is 1. The van der Waals surface area contributed by atoms with E-state index in [9.17, 15) is 9.59 Å². The van der Waals surface area contributed by atoms with Crippen molar-refractivity contribution >= 4 is 12.0 Å². The summed E-state index contributed by atoms with van der Waals surface area (Å²) in [6.45, 7) is 8.99. The van der Waals surface area contributed by atoms with E-state index in [1.165, 1.54) is 0 Å². The molecule has 1 aliphatic heterocycles. The molecule has 1 N–H and O–H groups in total. The van der Waals surface area contributed by atoms with Gasteiger partial charge in [-0.15, -0.1) is 0 Å². The molecule has 2 amide bonds. The second kappa shape index (κ2) is 6.78. The molecule has 5 nitrogen and oxygen atoms in total. The van der Waals surface area contributed by atoms with E-state index in [0.29, 0.717) is 6.42 Å². The smallest absolute Gasteiger partial charge is 0.407 e. The van der Waals surface area contributed by atoms with E-state index >= 15 is 0 Å². The molecule has 0 aromatic heterocycles. The first-order chi connectivity index (χ1) is 8.81. The molecule has 19 heavy (non-hydrogen) atoms. The van der Waals surface area contributed by atoms with E-state index < -0.39 is 5.60 Å². The summed E-state index contributed by atoms with van der Waals surface area (Å²) in [7, 11) is 0. The van der Waals surface area contributed by atoms with E-state index in [1.807, 2.05) is 32.6 Å². The number of amides is 2. The zero-order valence-corrected chi connectivity index (χ0v) is 12.5. The van der Waals surface area contributed by atoms with Crippen molar-refractivity contribution in [3.05, 3.63) is 0 Å². The fourth-order valence-corrected chi connectivity index (χ4v) is 2.12. The molecule has 5 heteroatoms. The van der Waals surface area contributed by atoms with Crippen LogP contribution in [0.15, 0.2) is 0 Å². The number of hydrogen-bond acceptors (Lipinski definition) is 3. The molecular weight excluding hydrogens is 244 g/mol. The Labute approximate surface area is 115 Å². The minimum atomic E-state index is -0.470. The van der Waals surface area contributed by atoms with Gasteiger partial charge in [0.1, 0.15) is 5.60 Å². The van der Waals surface area contributed by atoms with Gasteiger partial charge in [-0.1, -0.05) is 6.92 Å². The molecule has 1 saturated heterocycles. The summed E-state index contributed by atoms with van der Waals surface area (Å²) in [6.07, 6.45) is 2.73. The Morgan fingerprint density at radius 1 is 1.26 bits per heavy atom. The van der Waals surface area contributed by atoms with Crippen LogP contribution in [0.25, 0.3) is 0 Å². The molecule has 0 atom stereocenters. The van der Waals surface area contributed by atoms with E-state index in [4.69, 9.17) is 4.74 Å². The highest BCUT2D eigenvalue weighted by Gasteiger charge is 2.25. The Hall–Kier alpha value is -1.26. The normalized spacial score (nSPS) is 17.2. The van der Waals surface area contributed by atoms with Gasteiger partial charge in [-0.3, -0.25) is 4.79 Å². The van der Waals surface area contributed by atoms with E-state index in [2.05, 4.69) is 5.32 Å². The van der Waals surface area contributed by atoms with E-state index in [1.54, 1.807) is 0 Å². The lowest BCUT2D eigenvalue weighted by Crippen LogP contribution is -2.47. The molecule has 0 unspecified atom stereocenters. The summed E-state index contributed by atoms with van der Waals surface area (Å²) in [6, 6.07) is 0.112. The Morgan fingerprint density at radius 2 is 1.84 bits per heavy atom. The minimum Gasteiger partial charge on any atom is -0.444 e. The lowest BCUT2D eigenvalue weighted by molar-refractivity contribution is -0.132. The number of piperidine rings is 1. The largest absolute Gasteiger partial charge is 0.444 e. The summed E-state index contributed by atoms with van der Waals surface area (Å²) in [5.74, 6) is 0.221. The molecule has 1 rings (SSSR count). The van der Waals surface area contributed by atoms with Gasteiger partial charge < -0.3 is 15.0 Å². The molecule has 110 valence electrons. The van der Waals surface area contributed by atoms with Gasteiger partial charge in [0, 0.05) is 25.6 Å². The van der Waals surface area contributed by atoms with Crippen molar-refractivity contribution in [2.45, 2.75) is 65.0 Å². The van der Waals surface area contributed by atoms with E-state index in [-0.39, 0.29) is 18.0 Å². The van der Waals surface area contributed by atoms with Crippen molar-refractivity contribution in [1.82, 2.24) is 10.2 Å². The quantitative estimate of drug-likeness (QED) is 0.856. The molecule has 1 heterocycles. The fraction of sp³-hybridized carbons (Fsp3) is 0.857. The minimum absolute atomic E-state index is 0.112. The average molecular weight is 270 g/mol. The average Bonchev–Trinajstić information content (AvgIpc) is 2.27. The van der Waals surface area contributed by atoms with Crippen LogP contribution in [-0.4, -0.2) is 41.6 Å². The molecule has 1 aliphatic rings. The predicted molar refractivity (Wildman–Crippen MR) is 73.9 cm³/mol. The van der Waals surface area contributed by atoms with Crippen molar-refractivity contribution in [1.29, 1.82) is 0 Å². The second-order valence-electron chi connectivity index (χ2n) is 6.05. The van der Waals surface area contributed by atoms with Gasteiger partial charge in [0.25, 0.3) is 0 Å². The van der Waals surface area contributed by atoms with Gasteiger partial charge in [0.2, 0.25) is 5.91 Å². The molecule has 1 fully saturated rings. The predicted octanol–water partition coefficient (Wildman–Crippen LogP) is 2.30. The van der Waals surface area contributed by atoms with Gasteiger partial charge in [-0.2, -0.15) is 0 Å². The van der Waals surface area contributed by atoms with Gasteiger partial charge in [-0.25, -0.2) is 4.79 Å². The number of likely N-dealkylation sites (tertiary alicyclic amines) is 1. The number of hydrogen-bond donors (Lipinski definition) is 1. The number of carbonyl (C=O) groups excluding carboxylic acids is 2. The van der Waals surface area contributed by atoms with Gasteiger partial charge in [-0.05, 0) is 40.0 Å². The summed E-state index contributed by atoms with van der Waals surface area (Å²) in [5, 5.41) is 2.87. The van der Waals surface area contributed by atoms with Crippen molar-refractivity contribution < 1.29 is 14.3 Å². The Kier molecular flexibility index (Phi) is 5.63. The van der Waals surface area contributed by atoms with Crippen molar-refractivity contribution in [3.8, 4) is 0 Å². The van der Waals surface area contributed by atoms with Crippen molar-refractivity contribution in [3.63, 3.8) is 0 Å². The molecule has 0 aliphatic carbocycles. The molecule has 0 radical (unpaired) electrons. The maximum absolute atomic E-state index is 11.7. The summed E-state index contributed by atoms with van der Waals surface area (Å²) in [5.41, 5.74) is -0.470. The van der Waals surface area contributed by atoms with Gasteiger partial charge in [0.15, 0.2) is 0 Å². The van der Waals surface area contributed by atoms with E-state index in [0.717, 1.165) is 32.4 Å². The maximum atomic E-state index is 11.7. The lowest BCUT2D eigenvalue weighted by atomic mass is 10.0.